The van der Waals surface area contributed by atoms with Crippen LogP contribution in [-0.4, -0.2) is 37.5 Å². The van der Waals surface area contributed by atoms with E-state index in [9.17, 15) is 4.79 Å². The first kappa shape index (κ1) is 26.4. The zero-order valence-corrected chi connectivity index (χ0v) is 18.2. The fourth-order valence-corrected chi connectivity index (χ4v) is 3.43. The molecule has 0 fully saturated rings. The van der Waals surface area contributed by atoms with Gasteiger partial charge in [-0.2, -0.15) is 0 Å². The third-order valence-corrected chi connectivity index (χ3v) is 5.20. The maximum atomic E-state index is 11.1. The van der Waals surface area contributed by atoms with E-state index in [1.165, 1.54) is 89.9 Å². The second-order valence-electron chi connectivity index (χ2n) is 7.78. The molecular formula is C23H46O4. The van der Waals surface area contributed by atoms with E-state index in [0.29, 0.717) is 19.6 Å². The average molecular weight is 387 g/mol. The van der Waals surface area contributed by atoms with Crippen LogP contribution in [0.25, 0.3) is 0 Å². The molecule has 0 spiro atoms. The van der Waals surface area contributed by atoms with Gasteiger partial charge in [0.05, 0.1) is 13.2 Å². The highest BCUT2D eigenvalue weighted by atomic mass is 16.5. The number of unbranched alkanes of at least 4 members (excludes halogenated alkanes) is 15. The molecule has 0 saturated carbocycles. The van der Waals surface area contributed by atoms with E-state index in [-0.39, 0.29) is 0 Å². The molecule has 0 bridgehead atoms. The molecule has 0 aliphatic rings. The van der Waals surface area contributed by atoms with Gasteiger partial charge in [-0.3, -0.25) is 0 Å². The molecule has 0 aromatic rings. The third-order valence-electron chi connectivity index (χ3n) is 5.20. The molecule has 4 heteroatoms. The molecule has 0 amide bonds. The second-order valence-corrected chi connectivity index (χ2v) is 7.78. The molecule has 1 atom stereocenters. The molecular weight excluding hydrogens is 340 g/mol. The zero-order chi connectivity index (χ0) is 20.0. The van der Waals surface area contributed by atoms with Gasteiger partial charge in [-0.05, 0) is 6.42 Å². The fraction of sp³-hybridized carbons (Fsp3) is 0.957. The number of hydrogen-bond acceptors (Lipinski definition) is 3. The number of methoxy groups -OCH3 is 1. The van der Waals surface area contributed by atoms with Crippen LogP contribution in [0.15, 0.2) is 0 Å². The smallest absolute Gasteiger partial charge is 0.332 e. The van der Waals surface area contributed by atoms with Crippen LogP contribution < -0.4 is 0 Å². The van der Waals surface area contributed by atoms with Crippen molar-refractivity contribution in [3.8, 4) is 0 Å². The molecule has 0 aliphatic carbocycles. The van der Waals surface area contributed by atoms with E-state index in [1.54, 1.807) is 7.11 Å². The molecule has 0 rings (SSSR count). The SMILES string of the molecule is CCCCCCCCCCCCCCCCCCC(OCCOC)C(=O)O. The van der Waals surface area contributed by atoms with Gasteiger partial charge in [-0.1, -0.05) is 110 Å². The standard InChI is InChI=1S/C23H46O4/c1-3-4-5-6-7-8-9-10-11-12-13-14-15-16-17-18-19-22(23(24)25)27-21-20-26-2/h22H,3-21H2,1-2H3,(H,24,25). The van der Waals surface area contributed by atoms with Gasteiger partial charge >= 0.3 is 5.97 Å². The Kier molecular flexibility index (Phi) is 21.2. The fourth-order valence-electron chi connectivity index (χ4n) is 3.43. The van der Waals surface area contributed by atoms with E-state index in [1.807, 2.05) is 0 Å². The number of ether oxygens (including phenoxy) is 2. The molecule has 0 aliphatic heterocycles. The number of carboxylic acid groups (broad SMARTS) is 1. The molecule has 27 heavy (non-hydrogen) atoms. The normalized spacial score (nSPS) is 12.4. The number of rotatable bonds is 22. The summed E-state index contributed by atoms with van der Waals surface area (Å²) in [6.45, 7) is 3.07. The van der Waals surface area contributed by atoms with Crippen molar-refractivity contribution in [3.63, 3.8) is 0 Å². The van der Waals surface area contributed by atoms with Crippen LogP contribution in [-0.2, 0) is 14.3 Å². The third kappa shape index (κ3) is 19.9. The van der Waals surface area contributed by atoms with Crippen molar-refractivity contribution in [2.75, 3.05) is 20.3 Å². The summed E-state index contributed by atoms with van der Waals surface area (Å²) >= 11 is 0. The van der Waals surface area contributed by atoms with Gasteiger partial charge in [-0.15, -0.1) is 0 Å². The Bertz CT molecular complexity index is 307. The monoisotopic (exact) mass is 386 g/mol. The van der Waals surface area contributed by atoms with Gasteiger partial charge in [0.15, 0.2) is 6.10 Å². The summed E-state index contributed by atoms with van der Waals surface area (Å²) in [5.41, 5.74) is 0. The van der Waals surface area contributed by atoms with Crippen molar-refractivity contribution in [1.29, 1.82) is 0 Å². The molecule has 0 aromatic carbocycles. The molecule has 4 nitrogen and oxygen atoms in total. The van der Waals surface area contributed by atoms with E-state index in [0.717, 1.165) is 12.8 Å². The quantitative estimate of drug-likeness (QED) is 0.209. The molecule has 1 unspecified atom stereocenters. The molecule has 0 saturated heterocycles. The van der Waals surface area contributed by atoms with E-state index in [4.69, 9.17) is 14.6 Å². The van der Waals surface area contributed by atoms with Gasteiger partial charge in [0.25, 0.3) is 0 Å². The Balaban J connectivity index is 3.26. The lowest BCUT2D eigenvalue weighted by Gasteiger charge is -2.13. The Morgan fingerprint density at radius 1 is 0.704 bits per heavy atom. The van der Waals surface area contributed by atoms with E-state index < -0.39 is 12.1 Å². The van der Waals surface area contributed by atoms with Crippen molar-refractivity contribution >= 4 is 5.97 Å². The summed E-state index contributed by atoms with van der Waals surface area (Å²) in [6, 6.07) is 0. The van der Waals surface area contributed by atoms with Crippen molar-refractivity contribution < 1.29 is 19.4 Å². The summed E-state index contributed by atoms with van der Waals surface area (Å²) in [6.07, 6.45) is 21.2. The molecule has 0 radical (unpaired) electrons. The van der Waals surface area contributed by atoms with Gasteiger partial charge < -0.3 is 14.6 Å². The minimum Gasteiger partial charge on any atom is -0.479 e. The summed E-state index contributed by atoms with van der Waals surface area (Å²) in [5, 5.41) is 9.13. The summed E-state index contributed by atoms with van der Waals surface area (Å²) in [5.74, 6) is -0.855. The maximum Gasteiger partial charge on any atom is 0.332 e. The maximum absolute atomic E-state index is 11.1. The van der Waals surface area contributed by atoms with Gasteiger partial charge in [0.2, 0.25) is 0 Å². The highest BCUT2D eigenvalue weighted by Gasteiger charge is 2.16. The number of carboxylic acids is 1. The van der Waals surface area contributed by atoms with Crippen LogP contribution in [0.4, 0.5) is 0 Å². The topological polar surface area (TPSA) is 55.8 Å². The molecule has 0 heterocycles. The first-order chi connectivity index (χ1) is 13.2. The molecule has 0 aromatic heterocycles. The Morgan fingerprint density at radius 3 is 1.48 bits per heavy atom. The Hall–Kier alpha value is -0.610. The Morgan fingerprint density at radius 2 is 1.11 bits per heavy atom. The minimum absolute atomic E-state index is 0.353. The van der Waals surface area contributed by atoms with Crippen molar-refractivity contribution in [2.45, 2.75) is 122 Å². The predicted molar refractivity (Wildman–Crippen MR) is 113 cm³/mol. The number of hydrogen-bond donors (Lipinski definition) is 1. The van der Waals surface area contributed by atoms with Crippen molar-refractivity contribution in [3.05, 3.63) is 0 Å². The lowest BCUT2D eigenvalue weighted by molar-refractivity contribution is -0.151. The van der Waals surface area contributed by atoms with Crippen LogP contribution >= 0.6 is 0 Å². The van der Waals surface area contributed by atoms with Gasteiger partial charge in [0.1, 0.15) is 0 Å². The Labute approximate surface area is 168 Å². The van der Waals surface area contributed by atoms with E-state index >= 15 is 0 Å². The summed E-state index contributed by atoms with van der Waals surface area (Å²) in [7, 11) is 1.59. The summed E-state index contributed by atoms with van der Waals surface area (Å²) < 4.78 is 10.2. The minimum atomic E-state index is -0.855. The molecule has 1 N–H and O–H groups in total. The first-order valence-electron chi connectivity index (χ1n) is 11.6. The zero-order valence-electron chi connectivity index (χ0n) is 18.2. The number of aliphatic carboxylic acids is 1. The van der Waals surface area contributed by atoms with E-state index in [2.05, 4.69) is 6.92 Å². The first-order valence-corrected chi connectivity index (χ1v) is 11.6. The van der Waals surface area contributed by atoms with Crippen LogP contribution in [0.2, 0.25) is 0 Å². The van der Waals surface area contributed by atoms with Crippen LogP contribution in [0.1, 0.15) is 116 Å². The summed E-state index contributed by atoms with van der Waals surface area (Å²) in [4.78, 5) is 11.1. The number of carbonyl (C=O) groups is 1. The second kappa shape index (κ2) is 21.7. The largest absolute Gasteiger partial charge is 0.479 e. The molecule has 162 valence electrons. The highest BCUT2D eigenvalue weighted by molar-refractivity contribution is 5.72. The highest BCUT2D eigenvalue weighted by Crippen LogP contribution is 2.14. The average Bonchev–Trinajstić information content (AvgIpc) is 2.66. The predicted octanol–water partition coefficient (Wildman–Crippen LogP) is 6.75. The lowest BCUT2D eigenvalue weighted by Crippen LogP contribution is -2.25. The van der Waals surface area contributed by atoms with Gasteiger partial charge in [-0.25, -0.2) is 4.79 Å². The van der Waals surface area contributed by atoms with Crippen molar-refractivity contribution in [1.82, 2.24) is 0 Å². The van der Waals surface area contributed by atoms with Crippen LogP contribution in [0.3, 0.4) is 0 Å². The van der Waals surface area contributed by atoms with Gasteiger partial charge in [0, 0.05) is 7.11 Å². The lowest BCUT2D eigenvalue weighted by atomic mass is 10.0. The van der Waals surface area contributed by atoms with Crippen LogP contribution in [0, 0.1) is 0 Å². The van der Waals surface area contributed by atoms with Crippen molar-refractivity contribution in [2.24, 2.45) is 0 Å². The van der Waals surface area contributed by atoms with Crippen LogP contribution in [0.5, 0.6) is 0 Å².